The van der Waals surface area contributed by atoms with E-state index in [4.69, 9.17) is 23.8 Å². The topological polar surface area (TPSA) is 120 Å². The highest BCUT2D eigenvalue weighted by Gasteiger charge is 2.58. The summed E-state index contributed by atoms with van der Waals surface area (Å²) in [4.78, 5) is 39.5. The second-order valence-corrected chi connectivity index (χ2v) is 19.2. The first-order valence-electron chi connectivity index (χ1n) is 20.4. The number of fused-ring (bicyclic) bond motifs is 5. The summed E-state index contributed by atoms with van der Waals surface area (Å²) in [5.41, 5.74) is 4.97. The van der Waals surface area contributed by atoms with Gasteiger partial charge in [0.2, 0.25) is 12.1 Å². The first-order valence-corrected chi connectivity index (χ1v) is 21.2. The molecule has 3 atom stereocenters. The van der Waals surface area contributed by atoms with Gasteiger partial charge in [0, 0.05) is 26.9 Å². The van der Waals surface area contributed by atoms with Gasteiger partial charge in [-0.3, -0.25) is 9.36 Å². The zero-order chi connectivity index (χ0) is 39.6. The van der Waals surface area contributed by atoms with Crippen LogP contribution in [0.15, 0.2) is 60.8 Å². The van der Waals surface area contributed by atoms with Gasteiger partial charge in [0.25, 0.3) is 0 Å². The summed E-state index contributed by atoms with van der Waals surface area (Å²) >= 11 is 1.85. The number of aromatic amines is 1. The second-order valence-electron chi connectivity index (χ2n) is 18.0. The number of methoxy groups -OCH3 is 1. The Labute approximate surface area is 337 Å². The Morgan fingerprint density at radius 2 is 1.72 bits per heavy atom. The SMILES string of the molecule is COC(=O)N[C@H](C(=O)N1[C@H](c2ncc(-c3ccc4c(c3)OC(c3ccc(C5CC5)s3)n3c-4cc4cc(B5OC(C)(C)C(C)(C)O5)ccc43)[nH]2)CCC12CC2)C(C)C. The maximum Gasteiger partial charge on any atom is 0.494 e. The van der Waals surface area contributed by atoms with E-state index in [0.717, 1.165) is 76.1 Å². The maximum absolute atomic E-state index is 14.2. The fourth-order valence-electron chi connectivity index (χ4n) is 9.06. The lowest BCUT2D eigenvalue weighted by Gasteiger charge is -2.34. The number of nitrogens with one attached hydrogen (secondary N) is 2. The molecule has 3 aromatic heterocycles. The van der Waals surface area contributed by atoms with Crippen molar-refractivity contribution in [1.29, 1.82) is 0 Å². The van der Waals surface area contributed by atoms with Crippen LogP contribution in [0.5, 0.6) is 5.75 Å². The lowest BCUT2D eigenvalue weighted by Crippen LogP contribution is -2.53. The minimum Gasteiger partial charge on any atom is -0.464 e. The first kappa shape index (κ1) is 36.7. The number of aromatic nitrogens is 3. The lowest BCUT2D eigenvalue weighted by molar-refractivity contribution is -0.138. The number of thiophene rings is 1. The van der Waals surface area contributed by atoms with Crippen molar-refractivity contribution >= 4 is 46.8 Å². The summed E-state index contributed by atoms with van der Waals surface area (Å²) in [6, 6.07) is 18.7. The fraction of sp³-hybridized carbons (Fsp3) is 0.477. The monoisotopic (exact) mass is 787 g/mol. The van der Waals surface area contributed by atoms with Crippen LogP contribution in [0.3, 0.4) is 0 Å². The van der Waals surface area contributed by atoms with Crippen molar-refractivity contribution in [3.05, 3.63) is 76.4 Å². The zero-order valence-electron chi connectivity index (χ0n) is 33.7. The average molecular weight is 788 g/mol. The number of amides is 2. The van der Waals surface area contributed by atoms with Crippen molar-refractivity contribution in [1.82, 2.24) is 24.8 Å². The van der Waals surface area contributed by atoms with E-state index in [1.807, 2.05) is 36.3 Å². The molecule has 2 aromatic carbocycles. The molecule has 1 unspecified atom stereocenters. The average Bonchev–Trinajstić information content (AvgIpc) is 3.87. The number of likely N-dealkylation sites (tertiary alicyclic amines) is 1. The van der Waals surface area contributed by atoms with Gasteiger partial charge in [-0.25, -0.2) is 9.78 Å². The number of hydrogen-bond donors (Lipinski definition) is 2. The van der Waals surface area contributed by atoms with E-state index in [1.54, 1.807) is 0 Å². The molecule has 57 heavy (non-hydrogen) atoms. The number of ether oxygens (including phenoxy) is 2. The van der Waals surface area contributed by atoms with Crippen LogP contribution in [0.4, 0.5) is 4.79 Å². The van der Waals surface area contributed by atoms with Crippen LogP contribution < -0.4 is 15.5 Å². The van der Waals surface area contributed by atoms with Gasteiger partial charge < -0.3 is 34.0 Å². The van der Waals surface area contributed by atoms with E-state index >= 15 is 0 Å². The third-order valence-electron chi connectivity index (χ3n) is 13.4. The van der Waals surface area contributed by atoms with Gasteiger partial charge in [0.15, 0.2) is 0 Å². The Balaban J connectivity index is 0.993. The third-order valence-corrected chi connectivity index (χ3v) is 14.7. The molecule has 1 spiro atoms. The summed E-state index contributed by atoms with van der Waals surface area (Å²) in [7, 11) is 0.869. The largest absolute Gasteiger partial charge is 0.494 e. The van der Waals surface area contributed by atoms with E-state index in [9.17, 15) is 9.59 Å². The van der Waals surface area contributed by atoms with Gasteiger partial charge in [-0.1, -0.05) is 32.0 Å². The van der Waals surface area contributed by atoms with Gasteiger partial charge in [-0.05, 0) is 120 Å². The molecular formula is C44H50BN5O6S. The van der Waals surface area contributed by atoms with E-state index in [0.29, 0.717) is 5.92 Å². The predicted molar refractivity (Wildman–Crippen MR) is 221 cm³/mol. The second kappa shape index (κ2) is 13.0. The molecule has 2 N–H and O–H groups in total. The normalized spacial score (nSPS) is 23.1. The third kappa shape index (κ3) is 6.02. The molecule has 2 amide bonds. The van der Waals surface area contributed by atoms with Crippen LogP contribution in [0.25, 0.3) is 33.4 Å². The quantitative estimate of drug-likeness (QED) is 0.152. The van der Waals surface area contributed by atoms with Crippen molar-refractivity contribution in [3.63, 3.8) is 0 Å². The van der Waals surface area contributed by atoms with E-state index in [1.165, 1.54) is 29.7 Å². The van der Waals surface area contributed by atoms with Crippen LogP contribution in [0, 0.1) is 5.92 Å². The molecule has 3 aliphatic heterocycles. The van der Waals surface area contributed by atoms with Gasteiger partial charge in [-0.15, -0.1) is 11.3 Å². The van der Waals surface area contributed by atoms with Crippen LogP contribution in [0.1, 0.15) is 114 Å². The van der Waals surface area contributed by atoms with Gasteiger partial charge in [0.1, 0.15) is 17.6 Å². The summed E-state index contributed by atoms with van der Waals surface area (Å²) in [5.74, 6) is 2.03. The summed E-state index contributed by atoms with van der Waals surface area (Å²) in [6.45, 7) is 12.2. The molecule has 5 aliphatic rings. The highest BCUT2D eigenvalue weighted by atomic mass is 32.1. The van der Waals surface area contributed by atoms with Gasteiger partial charge >= 0.3 is 13.2 Å². The minimum atomic E-state index is -0.690. The van der Waals surface area contributed by atoms with Crippen LogP contribution in [-0.4, -0.2) is 68.4 Å². The number of rotatable bonds is 8. The number of nitrogens with zero attached hydrogens (tertiary/aromatic N) is 3. The molecule has 5 aromatic rings. The summed E-state index contributed by atoms with van der Waals surface area (Å²) in [5, 5.41) is 3.90. The first-order chi connectivity index (χ1) is 27.3. The Morgan fingerprint density at radius 1 is 0.965 bits per heavy atom. The molecule has 0 radical (unpaired) electrons. The van der Waals surface area contributed by atoms with E-state index in [-0.39, 0.29) is 29.6 Å². The highest BCUT2D eigenvalue weighted by Crippen LogP contribution is 2.56. The van der Waals surface area contributed by atoms with Crippen molar-refractivity contribution in [3.8, 4) is 28.3 Å². The fourth-order valence-corrected chi connectivity index (χ4v) is 10.3. The molecule has 2 saturated carbocycles. The molecule has 296 valence electrons. The number of imidazole rings is 1. The molecule has 6 heterocycles. The molecule has 2 saturated heterocycles. The lowest BCUT2D eigenvalue weighted by atomic mass is 9.78. The number of hydrogen-bond acceptors (Lipinski definition) is 8. The molecule has 13 heteroatoms. The molecular weight excluding hydrogens is 737 g/mol. The van der Waals surface area contributed by atoms with E-state index < -0.39 is 30.5 Å². The molecule has 10 rings (SSSR count). The maximum atomic E-state index is 14.2. The van der Waals surface area contributed by atoms with Crippen molar-refractivity contribution in [2.75, 3.05) is 7.11 Å². The highest BCUT2D eigenvalue weighted by molar-refractivity contribution is 7.12. The summed E-state index contributed by atoms with van der Waals surface area (Å²) in [6.07, 6.45) is 7.05. The summed E-state index contributed by atoms with van der Waals surface area (Å²) < 4.78 is 27.1. The predicted octanol–water partition coefficient (Wildman–Crippen LogP) is 8.45. The van der Waals surface area contributed by atoms with Gasteiger partial charge in [0.05, 0.1) is 52.3 Å². The number of alkyl carbamates (subject to hydrolysis) is 1. The van der Waals surface area contributed by atoms with Crippen LogP contribution >= 0.6 is 11.3 Å². The Hall–Kier alpha value is -4.59. The van der Waals surface area contributed by atoms with Crippen molar-refractivity contribution in [2.24, 2.45) is 5.92 Å². The van der Waals surface area contributed by atoms with Crippen molar-refractivity contribution in [2.45, 2.75) is 121 Å². The minimum absolute atomic E-state index is 0.0847. The van der Waals surface area contributed by atoms with E-state index in [2.05, 4.69) is 97.2 Å². The molecule has 11 nitrogen and oxygen atoms in total. The smallest absolute Gasteiger partial charge is 0.464 e. The number of carbonyl (C=O) groups excluding carboxylic acids is 2. The van der Waals surface area contributed by atoms with Crippen molar-refractivity contribution < 1.29 is 28.4 Å². The Morgan fingerprint density at radius 3 is 2.42 bits per heavy atom. The van der Waals surface area contributed by atoms with Crippen LogP contribution in [-0.2, 0) is 18.8 Å². The van der Waals surface area contributed by atoms with Gasteiger partial charge in [-0.2, -0.15) is 0 Å². The number of benzene rings is 2. The molecule has 4 fully saturated rings. The Kier molecular flexibility index (Phi) is 8.35. The molecule has 0 bridgehead atoms. The van der Waals surface area contributed by atoms with Crippen LogP contribution in [0.2, 0.25) is 0 Å². The number of H-pyrrole nitrogens is 1. The zero-order valence-corrected chi connectivity index (χ0v) is 34.5. The standard InChI is InChI=1S/C44H50BN5O6S/c1-24(2)37(48-41(52)53-7)39(51)50-32(16-17-44(50)18-19-44)38-46-23-30(47-38)26-10-12-29-33-21-27-20-28(45-55-42(3,4)43(5,6)56-45)11-13-31(27)49(33)40(54-34(29)22-26)36-15-14-35(57-36)25-8-9-25/h10-15,20-25,32,37,40H,8-9,16-19H2,1-7H3,(H,46,47)(H,48,52)/t32-,37-,40?/m0/s1. The molecule has 2 aliphatic carbocycles. The Bertz CT molecular complexity index is 2410. The number of carbonyl (C=O) groups is 2.